The molecule has 1 heterocycles. The van der Waals surface area contributed by atoms with E-state index < -0.39 is 10.0 Å². The molecule has 1 saturated heterocycles. The van der Waals surface area contributed by atoms with Gasteiger partial charge in [0.05, 0.1) is 4.90 Å². The summed E-state index contributed by atoms with van der Waals surface area (Å²) in [6.07, 6.45) is 1.02. The Balaban J connectivity index is 0.00000162. The van der Waals surface area contributed by atoms with Crippen molar-refractivity contribution >= 4 is 34.0 Å². The topological polar surface area (TPSA) is 58.2 Å². The van der Waals surface area contributed by atoms with Gasteiger partial charge in [-0.25, -0.2) is 13.1 Å². The van der Waals surface area contributed by atoms with Crippen molar-refractivity contribution in [2.45, 2.75) is 11.3 Å². The Morgan fingerprint density at radius 1 is 1.33 bits per heavy atom. The van der Waals surface area contributed by atoms with E-state index in [1.165, 1.54) is 12.1 Å². The smallest absolute Gasteiger partial charge is 0.240 e. The molecular weight excluding hydrogens is 295 g/mol. The van der Waals surface area contributed by atoms with Gasteiger partial charge in [0.2, 0.25) is 10.0 Å². The fourth-order valence-electron chi connectivity index (χ4n) is 1.81. The van der Waals surface area contributed by atoms with E-state index in [0.717, 1.165) is 19.5 Å². The van der Waals surface area contributed by atoms with Gasteiger partial charge in [-0.2, -0.15) is 0 Å². The number of benzene rings is 1. The third kappa shape index (κ3) is 4.10. The van der Waals surface area contributed by atoms with Crippen molar-refractivity contribution in [2.24, 2.45) is 5.92 Å². The Labute approximate surface area is 119 Å². The van der Waals surface area contributed by atoms with Crippen LogP contribution < -0.4 is 10.0 Å². The molecule has 1 aromatic rings. The molecule has 1 aliphatic rings. The van der Waals surface area contributed by atoms with E-state index in [-0.39, 0.29) is 17.3 Å². The summed E-state index contributed by atoms with van der Waals surface area (Å²) in [6.45, 7) is 2.33. The zero-order valence-corrected chi connectivity index (χ0v) is 12.1. The summed E-state index contributed by atoms with van der Waals surface area (Å²) >= 11 is 5.72. The van der Waals surface area contributed by atoms with E-state index in [2.05, 4.69) is 10.0 Å². The molecule has 0 bridgehead atoms. The van der Waals surface area contributed by atoms with Crippen LogP contribution >= 0.6 is 24.0 Å². The molecule has 0 aliphatic carbocycles. The van der Waals surface area contributed by atoms with Gasteiger partial charge in [-0.05, 0) is 49.7 Å². The van der Waals surface area contributed by atoms with Gasteiger partial charge in [-0.3, -0.25) is 0 Å². The minimum Gasteiger partial charge on any atom is -0.316 e. The maximum atomic E-state index is 11.9. The van der Waals surface area contributed by atoms with Crippen LogP contribution in [0.4, 0.5) is 0 Å². The molecule has 1 unspecified atom stereocenters. The molecule has 7 heteroatoms. The van der Waals surface area contributed by atoms with Gasteiger partial charge in [0, 0.05) is 11.6 Å². The van der Waals surface area contributed by atoms with Crippen molar-refractivity contribution in [3.8, 4) is 0 Å². The van der Waals surface area contributed by atoms with Crippen LogP contribution in [0.1, 0.15) is 6.42 Å². The molecule has 1 atom stereocenters. The minimum atomic E-state index is -3.40. The van der Waals surface area contributed by atoms with E-state index in [9.17, 15) is 8.42 Å². The molecular formula is C11H16Cl2N2O2S. The van der Waals surface area contributed by atoms with Crippen molar-refractivity contribution in [2.75, 3.05) is 19.6 Å². The molecule has 0 radical (unpaired) electrons. The SMILES string of the molecule is Cl.O=S(=O)(NCC1CCNC1)c1ccc(Cl)cc1. The van der Waals surface area contributed by atoms with Crippen molar-refractivity contribution in [1.29, 1.82) is 0 Å². The predicted octanol–water partition coefficient (Wildman–Crippen LogP) is 1.65. The predicted molar refractivity (Wildman–Crippen MR) is 74.9 cm³/mol. The summed E-state index contributed by atoms with van der Waals surface area (Å²) in [6, 6.07) is 6.18. The van der Waals surface area contributed by atoms with Crippen LogP contribution in [0.2, 0.25) is 5.02 Å². The second-order valence-electron chi connectivity index (χ2n) is 4.16. The highest BCUT2D eigenvalue weighted by molar-refractivity contribution is 7.89. The van der Waals surface area contributed by atoms with Gasteiger partial charge >= 0.3 is 0 Å². The van der Waals surface area contributed by atoms with E-state index in [0.29, 0.717) is 17.5 Å². The Bertz CT molecular complexity index is 470. The Morgan fingerprint density at radius 3 is 2.56 bits per heavy atom. The lowest BCUT2D eigenvalue weighted by Crippen LogP contribution is -2.30. The van der Waals surface area contributed by atoms with Crippen LogP contribution in [0.15, 0.2) is 29.2 Å². The normalized spacial score (nSPS) is 19.5. The molecule has 0 spiro atoms. The van der Waals surface area contributed by atoms with E-state index in [4.69, 9.17) is 11.6 Å². The summed E-state index contributed by atoms with van der Waals surface area (Å²) in [4.78, 5) is 0.257. The highest BCUT2D eigenvalue weighted by Gasteiger charge is 2.19. The van der Waals surface area contributed by atoms with Gasteiger partial charge in [0.15, 0.2) is 0 Å². The van der Waals surface area contributed by atoms with Gasteiger partial charge in [0.25, 0.3) is 0 Å². The Hall–Kier alpha value is -0.330. The van der Waals surface area contributed by atoms with Crippen molar-refractivity contribution in [3.63, 3.8) is 0 Å². The van der Waals surface area contributed by atoms with Gasteiger partial charge in [0.1, 0.15) is 0 Å². The Morgan fingerprint density at radius 2 is 2.00 bits per heavy atom. The first-order valence-electron chi connectivity index (χ1n) is 5.54. The molecule has 0 saturated carbocycles. The van der Waals surface area contributed by atoms with Crippen molar-refractivity contribution < 1.29 is 8.42 Å². The van der Waals surface area contributed by atoms with Gasteiger partial charge < -0.3 is 5.32 Å². The summed E-state index contributed by atoms with van der Waals surface area (Å²) in [5.74, 6) is 0.386. The lowest BCUT2D eigenvalue weighted by molar-refractivity contribution is 0.539. The highest BCUT2D eigenvalue weighted by atomic mass is 35.5. The van der Waals surface area contributed by atoms with Crippen LogP contribution in [0.25, 0.3) is 0 Å². The third-order valence-electron chi connectivity index (χ3n) is 2.85. The second-order valence-corrected chi connectivity index (χ2v) is 6.37. The maximum absolute atomic E-state index is 11.9. The van der Waals surface area contributed by atoms with Crippen LogP contribution in [0.5, 0.6) is 0 Å². The summed E-state index contributed by atoms with van der Waals surface area (Å²) < 4.78 is 26.5. The monoisotopic (exact) mass is 310 g/mol. The van der Waals surface area contributed by atoms with E-state index in [1.54, 1.807) is 12.1 Å². The molecule has 2 N–H and O–H groups in total. The second kappa shape index (κ2) is 6.73. The van der Waals surface area contributed by atoms with Gasteiger partial charge in [-0.1, -0.05) is 11.6 Å². The summed E-state index contributed by atoms with van der Waals surface area (Å²) in [5.41, 5.74) is 0. The lowest BCUT2D eigenvalue weighted by atomic mass is 10.1. The van der Waals surface area contributed by atoms with Gasteiger partial charge in [-0.15, -0.1) is 12.4 Å². The van der Waals surface area contributed by atoms with Crippen molar-refractivity contribution in [3.05, 3.63) is 29.3 Å². The molecule has 0 aromatic heterocycles. The van der Waals surface area contributed by atoms with Crippen LogP contribution in [0.3, 0.4) is 0 Å². The highest BCUT2D eigenvalue weighted by Crippen LogP contribution is 2.14. The Kier molecular flexibility index (Phi) is 5.88. The molecule has 1 aromatic carbocycles. The maximum Gasteiger partial charge on any atom is 0.240 e. The number of hydrogen-bond acceptors (Lipinski definition) is 3. The van der Waals surface area contributed by atoms with Crippen LogP contribution in [-0.4, -0.2) is 28.1 Å². The summed E-state index contributed by atoms with van der Waals surface area (Å²) in [7, 11) is -3.40. The van der Waals surface area contributed by atoms with Crippen LogP contribution in [0, 0.1) is 5.92 Å². The number of sulfonamides is 1. The molecule has 1 fully saturated rings. The molecule has 102 valence electrons. The molecule has 4 nitrogen and oxygen atoms in total. The fraction of sp³-hybridized carbons (Fsp3) is 0.455. The first kappa shape index (κ1) is 15.7. The minimum absolute atomic E-state index is 0. The molecule has 0 amide bonds. The van der Waals surface area contributed by atoms with Crippen molar-refractivity contribution in [1.82, 2.24) is 10.0 Å². The number of hydrogen-bond donors (Lipinski definition) is 2. The first-order chi connectivity index (χ1) is 8.08. The summed E-state index contributed by atoms with van der Waals surface area (Å²) in [5, 5.41) is 3.73. The fourth-order valence-corrected chi connectivity index (χ4v) is 3.06. The molecule has 1 aliphatic heterocycles. The zero-order chi connectivity index (χ0) is 12.3. The quantitative estimate of drug-likeness (QED) is 0.889. The number of rotatable bonds is 4. The van der Waals surface area contributed by atoms with E-state index >= 15 is 0 Å². The average Bonchev–Trinajstić information content (AvgIpc) is 2.80. The van der Waals surface area contributed by atoms with E-state index in [1.807, 2.05) is 0 Å². The lowest BCUT2D eigenvalue weighted by Gasteiger charge is -2.10. The standard InChI is InChI=1S/C11H15ClN2O2S.ClH/c12-10-1-3-11(4-2-10)17(15,16)14-8-9-5-6-13-7-9;/h1-4,9,13-14H,5-8H2;1H. The number of halogens is 2. The zero-order valence-electron chi connectivity index (χ0n) is 9.73. The largest absolute Gasteiger partial charge is 0.316 e. The third-order valence-corrected chi connectivity index (χ3v) is 4.54. The molecule has 18 heavy (non-hydrogen) atoms. The first-order valence-corrected chi connectivity index (χ1v) is 7.40. The number of nitrogens with one attached hydrogen (secondary N) is 2. The average molecular weight is 311 g/mol. The van der Waals surface area contributed by atoms with Crippen LogP contribution in [-0.2, 0) is 10.0 Å². The molecule has 2 rings (SSSR count).